The topological polar surface area (TPSA) is 43.6 Å². The first-order valence-corrected chi connectivity index (χ1v) is 13.0. The monoisotopic (exact) mass is 503 g/mol. The Kier molecular flexibility index (Phi) is 5.60. The molecule has 5 nitrogen and oxygen atoms in total. The van der Waals surface area contributed by atoms with Crippen molar-refractivity contribution in [2.75, 3.05) is 9.91 Å². The zero-order valence-electron chi connectivity index (χ0n) is 21.2. The molecule has 0 fully saturated rings. The highest BCUT2D eigenvalue weighted by atomic mass is 15.7. The molecule has 0 atom stereocenters. The zero-order chi connectivity index (χ0) is 26.1. The van der Waals surface area contributed by atoms with Crippen molar-refractivity contribution >= 4 is 28.6 Å². The fraction of sp³-hybridized carbons (Fsp3) is 0.0294. The van der Waals surface area contributed by atoms with E-state index in [4.69, 9.17) is 15.3 Å². The Balaban J connectivity index is 1.58. The van der Waals surface area contributed by atoms with E-state index in [0.717, 1.165) is 45.3 Å². The summed E-state index contributed by atoms with van der Waals surface area (Å²) in [6, 6.07) is 51.6. The number of para-hydroxylation sites is 2. The molecule has 0 bridgehead atoms. The first-order valence-electron chi connectivity index (χ1n) is 13.0. The summed E-state index contributed by atoms with van der Waals surface area (Å²) in [5, 5.41) is 17.3. The lowest BCUT2D eigenvalue weighted by Gasteiger charge is -2.43. The number of amidine groups is 1. The number of anilines is 2. The zero-order valence-corrected chi connectivity index (χ0v) is 21.2. The minimum absolute atomic E-state index is 0.810. The molecule has 0 radical (unpaired) electrons. The van der Waals surface area contributed by atoms with Gasteiger partial charge >= 0.3 is 0 Å². The molecule has 2 aliphatic heterocycles. The standard InChI is InChI=1S/C34H25N5/c1-6-16-26(17-7-1)31-34(32(36-35-31)27-18-8-2-9-19-27)38(29-22-12-4-13-23-29)33(28-20-10-3-11-21-28)37-39(34)30-24-14-5-15-25-30/h1-25H. The third-order valence-electron chi connectivity index (χ3n) is 7.09. The summed E-state index contributed by atoms with van der Waals surface area (Å²) < 4.78 is 0. The molecule has 5 aromatic carbocycles. The minimum Gasteiger partial charge on any atom is -0.288 e. The Bertz CT molecular complexity index is 1620. The van der Waals surface area contributed by atoms with E-state index >= 15 is 0 Å². The van der Waals surface area contributed by atoms with Crippen molar-refractivity contribution in [1.29, 1.82) is 0 Å². The van der Waals surface area contributed by atoms with Crippen molar-refractivity contribution in [1.82, 2.24) is 0 Å². The van der Waals surface area contributed by atoms with Gasteiger partial charge in [-0.3, -0.25) is 4.90 Å². The molecule has 2 heterocycles. The first-order chi connectivity index (χ1) is 19.4. The minimum atomic E-state index is -0.989. The van der Waals surface area contributed by atoms with Crippen LogP contribution in [0.15, 0.2) is 167 Å². The van der Waals surface area contributed by atoms with Crippen LogP contribution in [-0.2, 0) is 0 Å². The molecule has 0 saturated carbocycles. The van der Waals surface area contributed by atoms with E-state index in [1.165, 1.54) is 0 Å². The molecule has 1 spiro atoms. The average molecular weight is 504 g/mol. The first kappa shape index (κ1) is 22.9. The van der Waals surface area contributed by atoms with Crippen LogP contribution in [0.3, 0.4) is 0 Å². The Morgan fingerprint density at radius 2 is 0.795 bits per heavy atom. The number of hydrogen-bond acceptors (Lipinski definition) is 5. The van der Waals surface area contributed by atoms with Crippen LogP contribution in [-0.4, -0.2) is 22.9 Å². The Morgan fingerprint density at radius 1 is 0.410 bits per heavy atom. The lowest BCUT2D eigenvalue weighted by atomic mass is 9.86. The number of hydrazone groups is 1. The van der Waals surface area contributed by atoms with Gasteiger partial charge in [0.05, 0.1) is 5.69 Å². The van der Waals surface area contributed by atoms with Gasteiger partial charge in [-0.2, -0.15) is 5.10 Å². The highest BCUT2D eigenvalue weighted by Crippen LogP contribution is 2.45. The van der Waals surface area contributed by atoms with Gasteiger partial charge < -0.3 is 0 Å². The summed E-state index contributed by atoms with van der Waals surface area (Å²) in [6.45, 7) is 0. The van der Waals surface area contributed by atoms with Crippen molar-refractivity contribution in [3.8, 4) is 0 Å². The van der Waals surface area contributed by atoms with Gasteiger partial charge in [-0.25, -0.2) is 5.01 Å². The van der Waals surface area contributed by atoms with Gasteiger partial charge in [-0.1, -0.05) is 127 Å². The molecule has 0 unspecified atom stereocenters. The summed E-state index contributed by atoms with van der Waals surface area (Å²) >= 11 is 0. The van der Waals surface area contributed by atoms with Gasteiger partial charge in [0.1, 0.15) is 11.4 Å². The second-order valence-electron chi connectivity index (χ2n) is 9.41. The van der Waals surface area contributed by atoms with E-state index < -0.39 is 5.66 Å². The number of rotatable bonds is 5. The SMILES string of the molecule is c1ccc(C2=NN(c3ccccc3)C3(C(c4ccccc4)=NN=C3c3ccccc3)N2c2ccccc2)cc1. The van der Waals surface area contributed by atoms with Crippen molar-refractivity contribution in [2.45, 2.75) is 5.66 Å². The average Bonchev–Trinajstić information content (AvgIpc) is 3.59. The normalized spacial score (nSPS) is 15.7. The van der Waals surface area contributed by atoms with Crippen LogP contribution in [0.5, 0.6) is 0 Å². The molecule has 0 saturated heterocycles. The van der Waals surface area contributed by atoms with Crippen LogP contribution in [0.1, 0.15) is 16.7 Å². The maximum absolute atomic E-state index is 5.39. The summed E-state index contributed by atoms with van der Waals surface area (Å²) in [5.41, 5.74) is 5.54. The molecule has 5 heteroatoms. The summed E-state index contributed by atoms with van der Waals surface area (Å²) in [7, 11) is 0. The van der Waals surface area contributed by atoms with Gasteiger partial charge in [0, 0.05) is 22.4 Å². The van der Waals surface area contributed by atoms with Gasteiger partial charge in [0.15, 0.2) is 5.84 Å². The van der Waals surface area contributed by atoms with E-state index in [1.54, 1.807) is 0 Å². The quantitative estimate of drug-likeness (QED) is 0.260. The van der Waals surface area contributed by atoms with Gasteiger partial charge in [0.25, 0.3) is 0 Å². The van der Waals surface area contributed by atoms with Crippen LogP contribution in [0.25, 0.3) is 0 Å². The fourth-order valence-corrected chi connectivity index (χ4v) is 5.41. The van der Waals surface area contributed by atoms with Gasteiger partial charge in [0.2, 0.25) is 5.66 Å². The van der Waals surface area contributed by atoms with Crippen LogP contribution in [0.2, 0.25) is 0 Å². The Hall–Kier alpha value is -5.29. The highest BCUT2D eigenvalue weighted by molar-refractivity contribution is 6.38. The predicted molar refractivity (Wildman–Crippen MR) is 160 cm³/mol. The second-order valence-corrected chi connectivity index (χ2v) is 9.41. The summed E-state index contributed by atoms with van der Waals surface area (Å²) in [6.07, 6.45) is 0. The Labute approximate surface area is 227 Å². The molecule has 186 valence electrons. The lowest BCUT2D eigenvalue weighted by molar-refractivity contribution is 0.723. The third-order valence-corrected chi connectivity index (χ3v) is 7.09. The number of nitrogens with zero attached hydrogens (tertiary/aromatic N) is 5. The molecule has 0 N–H and O–H groups in total. The smallest absolute Gasteiger partial charge is 0.230 e. The molecule has 0 amide bonds. The van der Waals surface area contributed by atoms with Crippen molar-refractivity contribution in [3.05, 3.63) is 168 Å². The van der Waals surface area contributed by atoms with Crippen LogP contribution in [0, 0.1) is 0 Å². The molecular weight excluding hydrogens is 478 g/mol. The molecule has 2 aliphatic rings. The molecule has 39 heavy (non-hydrogen) atoms. The van der Waals surface area contributed by atoms with Crippen molar-refractivity contribution in [2.24, 2.45) is 15.3 Å². The molecule has 5 aromatic rings. The summed E-state index contributed by atoms with van der Waals surface area (Å²) in [5.74, 6) is 0.819. The van der Waals surface area contributed by atoms with E-state index in [-0.39, 0.29) is 0 Å². The van der Waals surface area contributed by atoms with Gasteiger partial charge in [-0.05, 0) is 24.3 Å². The largest absolute Gasteiger partial charge is 0.288 e. The highest BCUT2D eigenvalue weighted by Gasteiger charge is 2.61. The second kappa shape index (κ2) is 9.54. The van der Waals surface area contributed by atoms with Crippen LogP contribution >= 0.6 is 0 Å². The number of hydrogen-bond donors (Lipinski definition) is 0. The van der Waals surface area contributed by atoms with E-state index in [2.05, 4.69) is 82.7 Å². The van der Waals surface area contributed by atoms with Crippen LogP contribution < -0.4 is 9.91 Å². The van der Waals surface area contributed by atoms with Crippen molar-refractivity contribution < 1.29 is 0 Å². The molecule has 0 aromatic heterocycles. The summed E-state index contributed by atoms with van der Waals surface area (Å²) in [4.78, 5) is 2.29. The van der Waals surface area contributed by atoms with E-state index in [9.17, 15) is 0 Å². The maximum Gasteiger partial charge on any atom is 0.230 e. The van der Waals surface area contributed by atoms with Crippen LogP contribution in [0.4, 0.5) is 11.4 Å². The Morgan fingerprint density at radius 3 is 1.26 bits per heavy atom. The predicted octanol–water partition coefficient (Wildman–Crippen LogP) is 6.98. The van der Waals surface area contributed by atoms with E-state index in [0.29, 0.717) is 0 Å². The maximum atomic E-state index is 5.39. The van der Waals surface area contributed by atoms with Crippen molar-refractivity contribution in [3.63, 3.8) is 0 Å². The lowest BCUT2D eigenvalue weighted by Crippen LogP contribution is -2.66. The third kappa shape index (κ3) is 3.67. The molecular formula is C34H25N5. The van der Waals surface area contributed by atoms with Gasteiger partial charge in [-0.15, -0.1) is 10.2 Å². The fourth-order valence-electron chi connectivity index (χ4n) is 5.41. The molecule has 7 rings (SSSR count). The van der Waals surface area contributed by atoms with E-state index in [1.807, 2.05) is 78.9 Å². The number of benzene rings is 5. The molecule has 0 aliphatic carbocycles.